The van der Waals surface area contributed by atoms with Crippen LogP contribution in [0.2, 0.25) is 0 Å². The molecule has 4 heteroatoms. The van der Waals surface area contributed by atoms with Crippen molar-refractivity contribution >= 4 is 0 Å². The molecular formula is C15H19N3O. The van der Waals surface area contributed by atoms with E-state index in [0.717, 1.165) is 18.7 Å². The molecule has 1 aliphatic rings. The van der Waals surface area contributed by atoms with E-state index < -0.39 is 0 Å². The predicted octanol–water partition coefficient (Wildman–Crippen LogP) is 2.24. The summed E-state index contributed by atoms with van der Waals surface area (Å²) in [5.41, 5.74) is 1.24. The number of rotatable bonds is 3. The number of fused-ring (bicyclic) bond motifs is 1. The number of nitrogens with zero attached hydrogens (tertiary/aromatic N) is 3. The third-order valence-corrected chi connectivity index (χ3v) is 3.62. The normalized spacial score (nSPS) is 17.9. The van der Waals surface area contributed by atoms with Gasteiger partial charge in [0.2, 0.25) is 0 Å². The van der Waals surface area contributed by atoms with Crippen LogP contribution in [0.15, 0.2) is 35.1 Å². The fraction of sp³-hybridized carbons (Fsp3) is 0.467. The molecule has 2 heterocycles. The van der Waals surface area contributed by atoms with Gasteiger partial charge in [0, 0.05) is 13.0 Å². The topological polar surface area (TPSA) is 39.8 Å². The molecule has 0 fully saturated rings. The maximum Gasteiger partial charge on any atom is 0.346 e. The second kappa shape index (κ2) is 4.68. The van der Waals surface area contributed by atoms with Crippen LogP contribution >= 0.6 is 0 Å². The van der Waals surface area contributed by atoms with Gasteiger partial charge in [0.1, 0.15) is 5.82 Å². The summed E-state index contributed by atoms with van der Waals surface area (Å²) in [5, 5.41) is 4.47. The molecule has 1 aliphatic heterocycles. The highest BCUT2D eigenvalue weighted by molar-refractivity contribution is 5.22. The zero-order valence-electron chi connectivity index (χ0n) is 11.4. The molecule has 0 aliphatic carbocycles. The lowest BCUT2D eigenvalue weighted by molar-refractivity contribution is 0.454. The number of aromatic nitrogens is 3. The minimum absolute atomic E-state index is 0.0371. The fourth-order valence-corrected chi connectivity index (χ4v) is 2.80. The zero-order valence-corrected chi connectivity index (χ0v) is 11.4. The SMILES string of the molecule is CC(C)Cn1nc2n(c1=O)C(c1ccccc1)CC2. The molecule has 3 rings (SSSR count). The van der Waals surface area contributed by atoms with Crippen molar-refractivity contribution in [3.63, 3.8) is 0 Å². The average Bonchev–Trinajstić information content (AvgIpc) is 2.92. The summed E-state index contributed by atoms with van der Waals surface area (Å²) in [6.45, 7) is 4.90. The summed E-state index contributed by atoms with van der Waals surface area (Å²) in [4.78, 5) is 12.4. The first-order valence-electron chi connectivity index (χ1n) is 6.90. The summed E-state index contributed by atoms with van der Waals surface area (Å²) in [6, 6.07) is 10.4. The van der Waals surface area contributed by atoms with Gasteiger partial charge >= 0.3 is 5.69 Å². The molecule has 19 heavy (non-hydrogen) atoms. The summed E-state index contributed by atoms with van der Waals surface area (Å²) >= 11 is 0. The summed E-state index contributed by atoms with van der Waals surface area (Å²) < 4.78 is 3.49. The van der Waals surface area contributed by atoms with E-state index in [2.05, 4.69) is 31.1 Å². The van der Waals surface area contributed by atoms with Crippen LogP contribution < -0.4 is 5.69 Å². The Labute approximate surface area is 112 Å². The first-order valence-corrected chi connectivity index (χ1v) is 6.90. The average molecular weight is 257 g/mol. The Balaban J connectivity index is 2.01. The van der Waals surface area contributed by atoms with Crippen LogP contribution in [0, 0.1) is 5.92 Å². The van der Waals surface area contributed by atoms with Crippen molar-refractivity contribution in [3.05, 3.63) is 52.2 Å². The van der Waals surface area contributed by atoms with Gasteiger partial charge in [-0.25, -0.2) is 9.48 Å². The lowest BCUT2D eigenvalue weighted by Gasteiger charge is -2.12. The highest BCUT2D eigenvalue weighted by Crippen LogP contribution is 2.28. The lowest BCUT2D eigenvalue weighted by Crippen LogP contribution is -2.28. The van der Waals surface area contributed by atoms with Crippen LogP contribution in [0.5, 0.6) is 0 Å². The van der Waals surface area contributed by atoms with Crippen LogP contribution in [0.1, 0.15) is 37.7 Å². The predicted molar refractivity (Wildman–Crippen MR) is 74.2 cm³/mol. The molecule has 0 saturated heterocycles. The van der Waals surface area contributed by atoms with E-state index in [1.54, 1.807) is 4.68 Å². The molecule has 1 aromatic carbocycles. The van der Waals surface area contributed by atoms with E-state index in [4.69, 9.17) is 0 Å². The molecule has 0 radical (unpaired) electrons. The molecule has 100 valence electrons. The molecule has 4 nitrogen and oxygen atoms in total. The smallest absolute Gasteiger partial charge is 0.271 e. The molecular weight excluding hydrogens is 238 g/mol. The number of aryl methyl sites for hydroxylation is 1. The molecule has 0 spiro atoms. The minimum Gasteiger partial charge on any atom is -0.271 e. The van der Waals surface area contributed by atoms with Crippen molar-refractivity contribution in [2.75, 3.05) is 0 Å². The maximum absolute atomic E-state index is 12.4. The maximum atomic E-state index is 12.4. The van der Waals surface area contributed by atoms with Gasteiger partial charge in [-0.15, -0.1) is 0 Å². The van der Waals surface area contributed by atoms with Crippen LogP contribution in [0.25, 0.3) is 0 Å². The van der Waals surface area contributed by atoms with E-state index >= 15 is 0 Å². The summed E-state index contributed by atoms with van der Waals surface area (Å²) in [7, 11) is 0. The highest BCUT2D eigenvalue weighted by Gasteiger charge is 2.28. The molecule has 1 aromatic heterocycles. The molecule has 1 atom stereocenters. The monoisotopic (exact) mass is 257 g/mol. The van der Waals surface area contributed by atoms with Gasteiger partial charge in [-0.05, 0) is 17.9 Å². The van der Waals surface area contributed by atoms with Crippen molar-refractivity contribution in [1.82, 2.24) is 14.3 Å². The number of hydrogen-bond acceptors (Lipinski definition) is 2. The quantitative estimate of drug-likeness (QED) is 0.846. The zero-order chi connectivity index (χ0) is 13.4. The molecule has 0 N–H and O–H groups in total. The highest BCUT2D eigenvalue weighted by atomic mass is 16.2. The van der Waals surface area contributed by atoms with Crippen molar-refractivity contribution < 1.29 is 0 Å². The largest absolute Gasteiger partial charge is 0.346 e. The van der Waals surface area contributed by atoms with E-state index in [0.29, 0.717) is 12.5 Å². The second-order valence-corrected chi connectivity index (χ2v) is 5.61. The third-order valence-electron chi connectivity index (χ3n) is 3.62. The van der Waals surface area contributed by atoms with Crippen molar-refractivity contribution in [2.24, 2.45) is 5.92 Å². The van der Waals surface area contributed by atoms with E-state index in [1.807, 2.05) is 22.8 Å². The van der Waals surface area contributed by atoms with E-state index in [1.165, 1.54) is 5.56 Å². The second-order valence-electron chi connectivity index (χ2n) is 5.61. The van der Waals surface area contributed by atoms with Gasteiger partial charge in [0.15, 0.2) is 0 Å². The van der Waals surface area contributed by atoms with Gasteiger partial charge in [-0.3, -0.25) is 4.57 Å². The molecule has 0 bridgehead atoms. The van der Waals surface area contributed by atoms with Gasteiger partial charge < -0.3 is 0 Å². The van der Waals surface area contributed by atoms with Crippen molar-refractivity contribution in [2.45, 2.75) is 39.3 Å². The molecule has 2 aromatic rings. The fourth-order valence-electron chi connectivity index (χ4n) is 2.80. The first-order chi connectivity index (χ1) is 9.16. The van der Waals surface area contributed by atoms with Crippen LogP contribution in [0.4, 0.5) is 0 Å². The molecule has 0 amide bonds. The van der Waals surface area contributed by atoms with Crippen LogP contribution in [0.3, 0.4) is 0 Å². The van der Waals surface area contributed by atoms with Crippen LogP contribution in [-0.2, 0) is 13.0 Å². The van der Waals surface area contributed by atoms with Crippen LogP contribution in [-0.4, -0.2) is 14.3 Å². The third kappa shape index (κ3) is 2.11. The van der Waals surface area contributed by atoms with Gasteiger partial charge in [-0.1, -0.05) is 44.2 Å². The van der Waals surface area contributed by atoms with E-state index in [-0.39, 0.29) is 11.7 Å². The lowest BCUT2D eigenvalue weighted by atomic mass is 10.1. The Hall–Kier alpha value is -1.84. The number of benzene rings is 1. The Bertz CT molecular complexity index is 625. The first kappa shape index (κ1) is 12.2. The Morgan fingerprint density at radius 2 is 2.05 bits per heavy atom. The van der Waals surface area contributed by atoms with Crippen molar-refractivity contribution in [3.8, 4) is 0 Å². The summed E-state index contributed by atoms with van der Waals surface area (Å²) in [5.74, 6) is 1.36. The minimum atomic E-state index is 0.0371. The Morgan fingerprint density at radius 3 is 2.74 bits per heavy atom. The molecule has 1 unspecified atom stereocenters. The Kier molecular flexibility index (Phi) is 3.01. The van der Waals surface area contributed by atoms with Crippen molar-refractivity contribution in [1.29, 1.82) is 0 Å². The molecule has 0 saturated carbocycles. The summed E-state index contributed by atoms with van der Waals surface area (Å²) in [6.07, 6.45) is 1.87. The Morgan fingerprint density at radius 1 is 1.32 bits per heavy atom. The van der Waals surface area contributed by atoms with E-state index in [9.17, 15) is 4.79 Å². The standard InChI is InChI=1S/C15H19N3O/c1-11(2)10-17-15(19)18-13(8-9-14(18)16-17)12-6-4-3-5-7-12/h3-7,11,13H,8-10H2,1-2H3. The number of hydrogen-bond donors (Lipinski definition) is 0. The van der Waals surface area contributed by atoms with Gasteiger partial charge in [0.05, 0.1) is 6.04 Å². The van der Waals surface area contributed by atoms with Gasteiger partial charge in [-0.2, -0.15) is 5.10 Å². The van der Waals surface area contributed by atoms with Gasteiger partial charge in [0.25, 0.3) is 0 Å².